The first kappa shape index (κ1) is 116. The van der Waals surface area contributed by atoms with Crippen molar-refractivity contribution in [2.24, 2.45) is 0 Å². The zero-order chi connectivity index (χ0) is 90.7. The molecule has 0 aromatic carbocycles. The predicted molar refractivity (Wildman–Crippen MR) is 436 cm³/mol. The van der Waals surface area contributed by atoms with E-state index >= 15 is 0 Å². The third-order valence-electron chi connectivity index (χ3n) is 23.9. The van der Waals surface area contributed by atoms with Crippen LogP contribution in [0.4, 0.5) is 0 Å². The van der Waals surface area contributed by atoms with Crippen molar-refractivity contribution in [2.75, 3.05) is 46.2 Å². The van der Waals surface area contributed by atoms with Crippen molar-refractivity contribution in [3.05, 3.63) is 12.2 Å². The maximum atomic E-state index is 13.7. The largest absolute Gasteiger partial charge is 1.00 e. The summed E-state index contributed by atoms with van der Waals surface area (Å²) in [5.74, 6) is -7.49. The molecule has 0 bridgehead atoms. The van der Waals surface area contributed by atoms with E-state index < -0.39 is 284 Å². The van der Waals surface area contributed by atoms with E-state index in [-0.39, 0.29) is 71.4 Å². The molecule has 6 rings (SSSR count). The Kier molecular flexibility index (Phi) is 55.5. The standard InChI is InChI=1S/C84H152N4O35.2Na/c1-8-10-12-14-16-18-20-22-23-25-27-29-31-33-35-37-60(102)88-50(51(98)36-34-32-30-28-26-24-21-19-17-15-13-11-9-2)46-112-80-71(110)69(108)73(58(44-93)115-80)117-82-72(111)78(74(59(45-94)116-82)118-79-63(87-49(5)97)75(66(105)56(42-91)113-79)119-81-70(109)68(107)65(104)55(41-90)114-81)123-84(7)39-53(100)62(86-48(4)96)77(122-84)67(106)57(43-92)120-83(6)38-52(99)61(85-47(3)95)76(121-83)64(103)54(101)40-89;;/h34,36,50-59,61-82,89-94,98-101,103-111H,8-33,35,37-46H2,1-7H3,(H,85,95)(H,86,96)(H,87,97)(H,88,102);;/q;2*+1/b36-34+;;/t50?,51?,52?,53?,54-,55?,56?,57-,58?,59?,61?,62?,63?,64-,65?,66?,67-,68?,69?,70?,71?,72?,73?,74?,75?,76?,77?,78?,79?,80?,81?,82?,83?,84?;;/m1../s1. The van der Waals surface area contributed by atoms with Gasteiger partial charge in [-0.05, 0) is 33.1 Å². The van der Waals surface area contributed by atoms with Gasteiger partial charge in [-0.2, -0.15) is 0 Å². The van der Waals surface area contributed by atoms with Crippen molar-refractivity contribution >= 4 is 23.6 Å². The van der Waals surface area contributed by atoms with E-state index in [9.17, 15) is 116 Å². The minimum absolute atomic E-state index is 0. The summed E-state index contributed by atoms with van der Waals surface area (Å²) in [4.78, 5) is 52.4. The van der Waals surface area contributed by atoms with Gasteiger partial charge in [-0.1, -0.05) is 180 Å². The normalized spacial score (nSPS) is 35.4. The molecule has 0 spiro atoms. The molecule has 4 amide bonds. The molecular formula is C84H152N4Na2O35+2. The molecule has 0 saturated carbocycles. The van der Waals surface area contributed by atoms with Gasteiger partial charge in [0.15, 0.2) is 36.7 Å². The third-order valence-corrected chi connectivity index (χ3v) is 23.9. The van der Waals surface area contributed by atoms with Gasteiger partial charge in [0.05, 0.1) is 82.7 Å². The Morgan fingerprint density at radius 2 is 0.840 bits per heavy atom. The number of amides is 4. The van der Waals surface area contributed by atoms with Gasteiger partial charge in [0.25, 0.3) is 0 Å². The number of hydrogen-bond donors (Lipinski definition) is 23. The first-order valence-electron chi connectivity index (χ1n) is 44.9. The van der Waals surface area contributed by atoms with Gasteiger partial charge in [-0.3, -0.25) is 19.2 Å². The number of hydrogen-bond acceptors (Lipinski definition) is 35. The van der Waals surface area contributed by atoms with Gasteiger partial charge in [-0.15, -0.1) is 0 Å². The predicted octanol–water partition coefficient (Wildman–Crippen LogP) is -7.99. The third kappa shape index (κ3) is 36.2. The second kappa shape index (κ2) is 60.0. The molecule has 718 valence electrons. The topological polar surface area (TPSA) is 612 Å². The summed E-state index contributed by atoms with van der Waals surface area (Å²) in [7, 11) is 0. The van der Waals surface area contributed by atoms with Crippen LogP contribution >= 0.6 is 0 Å². The molecule has 30 unspecified atom stereocenters. The van der Waals surface area contributed by atoms with E-state index in [2.05, 4.69) is 35.1 Å². The number of aliphatic hydroxyl groups excluding tert-OH is 19. The quantitative estimate of drug-likeness (QED) is 0.0153. The van der Waals surface area contributed by atoms with Crippen LogP contribution in [-0.2, 0) is 76.0 Å². The minimum Gasteiger partial charge on any atom is -0.394 e. The average Bonchev–Trinajstić information content (AvgIpc) is 0.753. The van der Waals surface area contributed by atoms with E-state index in [1.54, 1.807) is 6.08 Å². The van der Waals surface area contributed by atoms with Crippen molar-refractivity contribution < 1.29 is 232 Å². The maximum Gasteiger partial charge on any atom is 1.00 e. The second-order valence-corrected chi connectivity index (χ2v) is 34.4. The number of nitrogens with one attached hydrogen (secondary N) is 4. The second-order valence-electron chi connectivity index (χ2n) is 34.4. The fraction of sp³-hybridized carbons (Fsp3) is 0.929. The Hall–Kier alpha value is -1.62. The first-order valence-corrected chi connectivity index (χ1v) is 44.9. The molecular weight excluding hydrogens is 1670 g/mol. The van der Waals surface area contributed by atoms with Crippen LogP contribution in [-0.4, -0.2) is 374 Å². The van der Waals surface area contributed by atoms with Gasteiger partial charge in [-0.25, -0.2) is 0 Å². The van der Waals surface area contributed by atoms with Crippen LogP contribution in [0.25, 0.3) is 0 Å². The molecule has 6 saturated heterocycles. The molecule has 6 heterocycles. The Labute approximate surface area is 778 Å². The summed E-state index contributed by atoms with van der Waals surface area (Å²) >= 11 is 0. The van der Waals surface area contributed by atoms with E-state index in [1.165, 1.54) is 110 Å². The summed E-state index contributed by atoms with van der Waals surface area (Å²) in [6.45, 7) is 2.95. The molecule has 34 atom stereocenters. The van der Waals surface area contributed by atoms with Crippen LogP contribution in [0.1, 0.15) is 241 Å². The zero-order valence-electron chi connectivity index (χ0n) is 74.8. The molecule has 0 radical (unpaired) electrons. The molecule has 125 heavy (non-hydrogen) atoms. The summed E-state index contributed by atoms with van der Waals surface area (Å²) in [5.41, 5.74) is 0. The molecule has 6 fully saturated rings. The molecule has 41 heteroatoms. The van der Waals surface area contributed by atoms with Gasteiger partial charge in [0.1, 0.15) is 134 Å². The molecule has 0 aromatic rings. The zero-order valence-corrected chi connectivity index (χ0v) is 78.8. The number of rotatable bonds is 57. The number of ether oxygens (including phenoxy) is 12. The summed E-state index contributed by atoms with van der Waals surface area (Å²) in [6.07, 6.45) is -22.7. The van der Waals surface area contributed by atoms with Gasteiger partial charge >= 0.3 is 59.1 Å². The van der Waals surface area contributed by atoms with E-state index in [1.807, 2.05) is 6.08 Å². The van der Waals surface area contributed by atoms with Crippen LogP contribution in [0, 0.1) is 0 Å². The monoisotopic (exact) mass is 1820 g/mol. The SMILES string of the molecule is CCCCCCCCCCCCC/C=C/C(O)C(COC1OC(CO)C(OC2OC(CO)C(OC3OC(CO)C(O)C(OC4OC(CO)C(O)C(O)C4O)C3NC(C)=O)C(OC3(C)CC(O)C(NC(C)=O)C([C@H](O)[C@@H](CO)OC4(C)CC(O)C(NC(C)=O)C([C@H](O)[C@H](O)CO)O4)O3)C2O)C(O)C1O)NC(=O)CCCCCCCCCCCCCCCCC.[Na+].[Na+]. The summed E-state index contributed by atoms with van der Waals surface area (Å²) < 4.78 is 74.5. The van der Waals surface area contributed by atoms with E-state index in [4.69, 9.17) is 56.8 Å². The summed E-state index contributed by atoms with van der Waals surface area (Å²) in [6, 6.07) is -6.14. The van der Waals surface area contributed by atoms with Crippen molar-refractivity contribution in [1.29, 1.82) is 0 Å². The smallest absolute Gasteiger partial charge is 0.394 e. The number of allylic oxidation sites excluding steroid dienone is 1. The van der Waals surface area contributed by atoms with Gasteiger partial charge in [0, 0.05) is 40.0 Å². The molecule has 0 aromatic heterocycles. The number of carbonyl (C=O) groups excluding carboxylic acids is 4. The molecule has 6 aliphatic heterocycles. The maximum absolute atomic E-state index is 13.7. The fourth-order valence-electron chi connectivity index (χ4n) is 17.0. The van der Waals surface area contributed by atoms with E-state index in [0.29, 0.717) is 12.8 Å². The molecule has 23 N–H and O–H groups in total. The van der Waals surface area contributed by atoms with Crippen molar-refractivity contribution in [2.45, 2.75) is 448 Å². The van der Waals surface area contributed by atoms with Gasteiger partial charge < -0.3 is 175 Å². The average molecular weight is 1820 g/mol. The van der Waals surface area contributed by atoms with Crippen molar-refractivity contribution in [3.63, 3.8) is 0 Å². The number of unbranched alkanes of at least 4 members (excludes halogenated alkanes) is 25. The molecule has 0 aliphatic carbocycles. The Morgan fingerprint density at radius 3 is 1.34 bits per heavy atom. The van der Waals surface area contributed by atoms with Crippen molar-refractivity contribution in [1.82, 2.24) is 21.3 Å². The van der Waals surface area contributed by atoms with Crippen LogP contribution in [0.15, 0.2) is 12.2 Å². The van der Waals surface area contributed by atoms with Crippen LogP contribution in [0.2, 0.25) is 0 Å². The molecule has 39 nitrogen and oxygen atoms in total. The molecule has 6 aliphatic rings. The first-order chi connectivity index (χ1) is 58.7. The minimum atomic E-state index is -2.48. The Bertz CT molecular complexity index is 3000. The van der Waals surface area contributed by atoms with Crippen molar-refractivity contribution in [3.8, 4) is 0 Å². The van der Waals surface area contributed by atoms with Crippen LogP contribution in [0.5, 0.6) is 0 Å². The fourth-order valence-corrected chi connectivity index (χ4v) is 17.0. The summed E-state index contributed by atoms with van der Waals surface area (Å²) in [5, 5.41) is 226. The van der Waals surface area contributed by atoms with E-state index in [0.717, 1.165) is 85.5 Å². The van der Waals surface area contributed by atoms with Gasteiger partial charge in [0.2, 0.25) is 23.6 Å². The Morgan fingerprint density at radius 1 is 0.432 bits per heavy atom. The number of carbonyl (C=O) groups is 4. The Balaban J connectivity index is 0.0000164. The van der Waals surface area contributed by atoms with Crippen LogP contribution in [0.3, 0.4) is 0 Å². The number of aliphatic hydroxyl groups is 19. The van der Waals surface area contributed by atoms with Crippen LogP contribution < -0.4 is 80.4 Å².